The van der Waals surface area contributed by atoms with Gasteiger partial charge in [0.15, 0.2) is 0 Å². The minimum atomic E-state index is -0.0296. The van der Waals surface area contributed by atoms with Crippen LogP contribution in [0.1, 0.15) is 25.1 Å². The number of aliphatic hydroxyl groups is 1. The van der Waals surface area contributed by atoms with Crippen molar-refractivity contribution < 1.29 is 9.90 Å². The Hall–Kier alpha value is -1.81. The third-order valence-electron chi connectivity index (χ3n) is 3.89. The van der Waals surface area contributed by atoms with Gasteiger partial charge >= 0.3 is 0 Å². The summed E-state index contributed by atoms with van der Waals surface area (Å²) in [5.74, 6) is 0.0497. The SMILES string of the molecule is Cc1[nH]c2ccccc2c1CC(=O)NC(C)C(C)CO. The first-order valence-electron chi connectivity index (χ1n) is 6.99. The maximum Gasteiger partial charge on any atom is 0.224 e. The summed E-state index contributed by atoms with van der Waals surface area (Å²) >= 11 is 0. The second-order valence-electron chi connectivity index (χ2n) is 5.47. The molecule has 20 heavy (non-hydrogen) atoms. The Labute approximate surface area is 119 Å². The molecule has 0 aliphatic carbocycles. The smallest absolute Gasteiger partial charge is 0.224 e. The molecule has 0 aliphatic rings. The Bertz CT molecular complexity index is 604. The van der Waals surface area contributed by atoms with Crippen molar-refractivity contribution in [1.82, 2.24) is 10.3 Å². The van der Waals surface area contributed by atoms with Crippen molar-refractivity contribution in [3.05, 3.63) is 35.5 Å². The van der Waals surface area contributed by atoms with Crippen molar-refractivity contribution in [3.63, 3.8) is 0 Å². The van der Waals surface area contributed by atoms with Gasteiger partial charge in [0.1, 0.15) is 0 Å². The van der Waals surface area contributed by atoms with Crippen LogP contribution in [0.25, 0.3) is 10.9 Å². The first-order chi connectivity index (χ1) is 9.52. The molecule has 1 amide bonds. The van der Waals surface area contributed by atoms with Crippen LogP contribution in [0.2, 0.25) is 0 Å². The highest BCUT2D eigenvalue weighted by Crippen LogP contribution is 2.22. The van der Waals surface area contributed by atoms with Gasteiger partial charge in [0, 0.05) is 29.2 Å². The Kier molecular flexibility index (Phi) is 4.45. The zero-order valence-corrected chi connectivity index (χ0v) is 12.2. The topological polar surface area (TPSA) is 65.1 Å². The molecule has 1 aromatic heterocycles. The van der Waals surface area contributed by atoms with Gasteiger partial charge in [-0.3, -0.25) is 4.79 Å². The number of aromatic amines is 1. The molecule has 4 nitrogen and oxygen atoms in total. The number of hydrogen-bond donors (Lipinski definition) is 3. The molecule has 2 rings (SSSR count). The lowest BCUT2D eigenvalue weighted by atomic mass is 10.0. The van der Waals surface area contributed by atoms with Crippen molar-refractivity contribution in [2.24, 2.45) is 5.92 Å². The van der Waals surface area contributed by atoms with Gasteiger partial charge in [0.2, 0.25) is 5.91 Å². The lowest BCUT2D eigenvalue weighted by Crippen LogP contribution is -2.39. The number of amides is 1. The molecule has 0 bridgehead atoms. The number of carbonyl (C=O) groups excluding carboxylic acids is 1. The number of aryl methyl sites for hydroxylation is 1. The van der Waals surface area contributed by atoms with E-state index in [4.69, 9.17) is 5.11 Å². The molecule has 2 aromatic rings. The summed E-state index contributed by atoms with van der Waals surface area (Å²) in [5, 5.41) is 13.2. The molecule has 0 saturated heterocycles. The molecule has 108 valence electrons. The fourth-order valence-electron chi connectivity index (χ4n) is 2.33. The van der Waals surface area contributed by atoms with Crippen LogP contribution in [0, 0.1) is 12.8 Å². The molecule has 0 spiro atoms. The fraction of sp³-hybridized carbons (Fsp3) is 0.438. The van der Waals surface area contributed by atoms with Crippen LogP contribution in [-0.2, 0) is 11.2 Å². The molecule has 0 radical (unpaired) electrons. The number of fused-ring (bicyclic) bond motifs is 1. The van der Waals surface area contributed by atoms with Gasteiger partial charge in [-0.05, 0) is 31.4 Å². The quantitative estimate of drug-likeness (QED) is 0.782. The highest BCUT2D eigenvalue weighted by molar-refractivity contribution is 5.90. The Balaban J connectivity index is 2.12. The molecule has 1 heterocycles. The van der Waals surface area contributed by atoms with E-state index in [9.17, 15) is 4.79 Å². The summed E-state index contributed by atoms with van der Waals surface area (Å²) in [6.45, 7) is 5.90. The number of carbonyl (C=O) groups is 1. The summed E-state index contributed by atoms with van der Waals surface area (Å²) in [7, 11) is 0. The zero-order valence-electron chi connectivity index (χ0n) is 12.2. The fourth-order valence-corrected chi connectivity index (χ4v) is 2.33. The van der Waals surface area contributed by atoms with Crippen LogP contribution in [0.4, 0.5) is 0 Å². The third-order valence-corrected chi connectivity index (χ3v) is 3.89. The summed E-state index contributed by atoms with van der Waals surface area (Å²) in [6.07, 6.45) is 0.359. The number of rotatable bonds is 5. The average molecular weight is 274 g/mol. The number of aromatic nitrogens is 1. The van der Waals surface area contributed by atoms with E-state index in [1.807, 2.05) is 45.0 Å². The van der Waals surface area contributed by atoms with Crippen molar-refractivity contribution >= 4 is 16.8 Å². The second kappa shape index (κ2) is 6.09. The first-order valence-corrected chi connectivity index (χ1v) is 6.99. The molecule has 4 heteroatoms. The molecule has 2 unspecified atom stereocenters. The van der Waals surface area contributed by atoms with Crippen LogP contribution >= 0.6 is 0 Å². The van der Waals surface area contributed by atoms with Crippen molar-refractivity contribution in [1.29, 1.82) is 0 Å². The van der Waals surface area contributed by atoms with E-state index >= 15 is 0 Å². The highest BCUT2D eigenvalue weighted by Gasteiger charge is 2.16. The second-order valence-corrected chi connectivity index (χ2v) is 5.47. The monoisotopic (exact) mass is 274 g/mol. The van der Waals surface area contributed by atoms with Gasteiger partial charge in [0.25, 0.3) is 0 Å². The maximum absolute atomic E-state index is 12.1. The normalized spacial score (nSPS) is 14.2. The van der Waals surface area contributed by atoms with Crippen LogP contribution in [-0.4, -0.2) is 28.6 Å². The van der Waals surface area contributed by atoms with Crippen LogP contribution in [0.5, 0.6) is 0 Å². The number of nitrogens with one attached hydrogen (secondary N) is 2. The summed E-state index contributed by atoms with van der Waals surface area (Å²) in [6, 6.07) is 7.97. The van der Waals surface area contributed by atoms with Crippen molar-refractivity contribution in [2.45, 2.75) is 33.2 Å². The van der Waals surface area contributed by atoms with Gasteiger partial charge in [0.05, 0.1) is 6.42 Å². The van der Waals surface area contributed by atoms with E-state index in [0.717, 1.165) is 22.2 Å². The Morgan fingerprint density at radius 2 is 2.05 bits per heavy atom. The first kappa shape index (κ1) is 14.6. The van der Waals surface area contributed by atoms with E-state index in [2.05, 4.69) is 10.3 Å². The predicted octanol–water partition coefficient (Wildman–Crippen LogP) is 2.15. The average Bonchev–Trinajstić information content (AvgIpc) is 2.74. The zero-order chi connectivity index (χ0) is 14.7. The van der Waals surface area contributed by atoms with E-state index in [0.29, 0.717) is 6.42 Å². The lowest BCUT2D eigenvalue weighted by molar-refractivity contribution is -0.121. The summed E-state index contributed by atoms with van der Waals surface area (Å²) in [4.78, 5) is 15.4. The standard InChI is InChI=1S/C16H22N2O2/c1-10(9-19)11(2)18-16(20)8-14-12(3)17-15-7-5-4-6-13(14)15/h4-7,10-11,17,19H,8-9H2,1-3H3,(H,18,20). The molecule has 0 fully saturated rings. The van der Waals surface area contributed by atoms with Gasteiger partial charge in [-0.2, -0.15) is 0 Å². The minimum absolute atomic E-state index is 0.00865. The lowest BCUT2D eigenvalue weighted by Gasteiger charge is -2.19. The summed E-state index contributed by atoms with van der Waals surface area (Å²) in [5.41, 5.74) is 3.13. The summed E-state index contributed by atoms with van der Waals surface area (Å²) < 4.78 is 0. The van der Waals surface area contributed by atoms with Crippen LogP contribution in [0.15, 0.2) is 24.3 Å². The van der Waals surface area contributed by atoms with Gasteiger partial charge in [-0.15, -0.1) is 0 Å². The third kappa shape index (κ3) is 3.02. The van der Waals surface area contributed by atoms with Gasteiger partial charge in [-0.1, -0.05) is 25.1 Å². The van der Waals surface area contributed by atoms with Crippen LogP contribution < -0.4 is 5.32 Å². The van der Waals surface area contributed by atoms with E-state index in [1.54, 1.807) is 0 Å². The highest BCUT2D eigenvalue weighted by atomic mass is 16.3. The van der Waals surface area contributed by atoms with E-state index in [-0.39, 0.29) is 24.5 Å². The molecule has 0 aliphatic heterocycles. The molecule has 0 saturated carbocycles. The molecular weight excluding hydrogens is 252 g/mol. The number of hydrogen-bond acceptors (Lipinski definition) is 2. The molecule has 3 N–H and O–H groups in total. The number of para-hydroxylation sites is 1. The minimum Gasteiger partial charge on any atom is -0.396 e. The number of H-pyrrole nitrogens is 1. The molecule has 2 atom stereocenters. The number of benzene rings is 1. The molecule has 1 aromatic carbocycles. The molecular formula is C16H22N2O2. The van der Waals surface area contributed by atoms with E-state index < -0.39 is 0 Å². The van der Waals surface area contributed by atoms with Gasteiger partial charge in [-0.25, -0.2) is 0 Å². The van der Waals surface area contributed by atoms with Gasteiger partial charge < -0.3 is 15.4 Å². The van der Waals surface area contributed by atoms with E-state index in [1.165, 1.54) is 0 Å². The largest absolute Gasteiger partial charge is 0.396 e. The Morgan fingerprint density at radius 3 is 2.75 bits per heavy atom. The van der Waals surface area contributed by atoms with Crippen molar-refractivity contribution in [2.75, 3.05) is 6.61 Å². The van der Waals surface area contributed by atoms with Crippen molar-refractivity contribution in [3.8, 4) is 0 Å². The predicted molar refractivity (Wildman–Crippen MR) is 80.6 cm³/mol. The number of aliphatic hydroxyl groups excluding tert-OH is 1. The maximum atomic E-state index is 12.1. The van der Waals surface area contributed by atoms with Crippen LogP contribution in [0.3, 0.4) is 0 Å². The Morgan fingerprint density at radius 1 is 1.35 bits per heavy atom.